The lowest BCUT2D eigenvalue weighted by molar-refractivity contribution is 0.102. The number of hydrogen-bond acceptors (Lipinski definition) is 3. The Morgan fingerprint density at radius 1 is 1.35 bits per heavy atom. The average molecular weight is 291 g/mol. The Morgan fingerprint density at radius 2 is 2.10 bits per heavy atom. The number of phenols is 1. The van der Waals surface area contributed by atoms with Gasteiger partial charge in [0.05, 0.1) is 11.3 Å². The maximum absolute atomic E-state index is 13.4. The molecule has 2 rings (SSSR count). The fourth-order valence-electron chi connectivity index (χ4n) is 1.63. The van der Waals surface area contributed by atoms with Crippen LogP contribution in [0.25, 0.3) is 0 Å². The molecule has 20 heavy (non-hydrogen) atoms. The van der Waals surface area contributed by atoms with E-state index >= 15 is 0 Å². The molecular weight excluding hydrogens is 283 g/mol. The van der Waals surface area contributed by atoms with Gasteiger partial charge < -0.3 is 10.4 Å². The first-order valence-corrected chi connectivity index (χ1v) is 5.89. The van der Waals surface area contributed by atoms with E-state index in [1.165, 1.54) is 30.3 Å². The van der Waals surface area contributed by atoms with Gasteiger partial charge in [-0.05, 0) is 30.3 Å². The number of anilines is 1. The molecule has 0 fully saturated rings. The molecule has 100 valence electrons. The molecule has 2 aromatic carbocycles. The molecule has 0 radical (unpaired) electrons. The predicted octanol–water partition coefficient (Wildman–Crippen LogP) is 3.31. The third-order valence-corrected chi connectivity index (χ3v) is 2.81. The Hall–Kier alpha value is -2.58. The van der Waals surface area contributed by atoms with E-state index in [9.17, 15) is 14.3 Å². The van der Waals surface area contributed by atoms with E-state index in [4.69, 9.17) is 16.9 Å². The Balaban J connectivity index is 2.33. The summed E-state index contributed by atoms with van der Waals surface area (Å²) in [6.07, 6.45) is 0. The van der Waals surface area contributed by atoms with Crippen molar-refractivity contribution in [2.24, 2.45) is 0 Å². The smallest absolute Gasteiger partial charge is 0.259 e. The monoisotopic (exact) mass is 290 g/mol. The number of amides is 1. The van der Waals surface area contributed by atoms with Gasteiger partial charge in [0.15, 0.2) is 0 Å². The van der Waals surface area contributed by atoms with Gasteiger partial charge in [-0.15, -0.1) is 0 Å². The summed E-state index contributed by atoms with van der Waals surface area (Å²) >= 11 is 5.67. The van der Waals surface area contributed by atoms with Crippen LogP contribution in [0.15, 0.2) is 36.4 Å². The number of carbonyl (C=O) groups is 1. The molecule has 0 unspecified atom stereocenters. The van der Waals surface area contributed by atoms with Crippen LogP contribution in [-0.4, -0.2) is 11.0 Å². The molecule has 0 spiro atoms. The third kappa shape index (κ3) is 2.71. The number of carbonyl (C=O) groups excluding carboxylic acids is 1. The van der Waals surface area contributed by atoms with Crippen molar-refractivity contribution in [1.82, 2.24) is 0 Å². The molecule has 0 aliphatic rings. The highest BCUT2D eigenvalue weighted by molar-refractivity contribution is 6.31. The summed E-state index contributed by atoms with van der Waals surface area (Å²) in [5.74, 6) is -1.70. The quantitative estimate of drug-likeness (QED) is 0.891. The van der Waals surface area contributed by atoms with Gasteiger partial charge in [0.25, 0.3) is 5.91 Å². The van der Waals surface area contributed by atoms with Gasteiger partial charge in [0.2, 0.25) is 0 Å². The summed E-state index contributed by atoms with van der Waals surface area (Å²) in [6.45, 7) is 0. The highest BCUT2D eigenvalue weighted by Crippen LogP contribution is 2.24. The van der Waals surface area contributed by atoms with E-state index in [0.29, 0.717) is 0 Å². The van der Waals surface area contributed by atoms with Crippen LogP contribution < -0.4 is 5.32 Å². The number of halogens is 2. The molecule has 0 saturated heterocycles. The van der Waals surface area contributed by atoms with Gasteiger partial charge >= 0.3 is 0 Å². The van der Waals surface area contributed by atoms with Crippen molar-refractivity contribution in [3.63, 3.8) is 0 Å². The van der Waals surface area contributed by atoms with Gasteiger partial charge in [0.1, 0.15) is 23.2 Å². The molecule has 0 atom stereocenters. The van der Waals surface area contributed by atoms with Crippen LogP contribution in [0, 0.1) is 17.1 Å². The number of nitriles is 1. The SMILES string of the molecule is N#Cc1c(F)cccc1NC(=O)c1ccc(Cl)cc1O. The molecule has 1 amide bonds. The van der Waals surface area contributed by atoms with Gasteiger partial charge in [-0.1, -0.05) is 17.7 Å². The normalized spacial score (nSPS) is 9.85. The van der Waals surface area contributed by atoms with E-state index in [2.05, 4.69) is 5.32 Å². The maximum Gasteiger partial charge on any atom is 0.259 e. The number of aromatic hydroxyl groups is 1. The standard InChI is InChI=1S/C14H8ClFN2O2/c15-8-4-5-9(13(19)6-8)14(20)18-12-3-1-2-11(16)10(12)7-17/h1-6,19H,(H,18,20). The van der Waals surface area contributed by atoms with Crippen LogP contribution in [0.4, 0.5) is 10.1 Å². The van der Waals surface area contributed by atoms with Crippen molar-refractivity contribution in [3.05, 3.63) is 58.4 Å². The first-order valence-electron chi connectivity index (χ1n) is 5.51. The minimum absolute atomic E-state index is 0.0254. The summed E-state index contributed by atoms with van der Waals surface area (Å²) in [7, 11) is 0. The fraction of sp³-hybridized carbons (Fsp3) is 0. The van der Waals surface area contributed by atoms with Crippen LogP contribution in [0.2, 0.25) is 5.02 Å². The summed E-state index contributed by atoms with van der Waals surface area (Å²) in [5, 5.41) is 21.2. The number of nitrogens with zero attached hydrogens (tertiary/aromatic N) is 1. The molecule has 0 heterocycles. The zero-order valence-corrected chi connectivity index (χ0v) is 10.8. The lowest BCUT2D eigenvalue weighted by atomic mass is 10.1. The molecule has 0 bridgehead atoms. The number of hydrogen-bond donors (Lipinski definition) is 2. The zero-order valence-electron chi connectivity index (χ0n) is 10.0. The van der Waals surface area contributed by atoms with Crippen molar-refractivity contribution in [2.75, 3.05) is 5.32 Å². The van der Waals surface area contributed by atoms with Gasteiger partial charge in [-0.25, -0.2) is 4.39 Å². The Labute approximate surface area is 119 Å². The van der Waals surface area contributed by atoms with E-state index in [0.717, 1.165) is 6.07 Å². The highest BCUT2D eigenvalue weighted by Gasteiger charge is 2.15. The third-order valence-electron chi connectivity index (χ3n) is 2.58. The van der Waals surface area contributed by atoms with Gasteiger partial charge in [0, 0.05) is 5.02 Å². The van der Waals surface area contributed by atoms with Crippen LogP contribution in [0.3, 0.4) is 0 Å². The van der Waals surface area contributed by atoms with Gasteiger partial charge in [-0.2, -0.15) is 5.26 Å². The van der Waals surface area contributed by atoms with Crippen molar-refractivity contribution < 1.29 is 14.3 Å². The summed E-state index contributed by atoms with van der Waals surface area (Å²) in [5.41, 5.74) is -0.260. The summed E-state index contributed by atoms with van der Waals surface area (Å²) in [4.78, 5) is 12.0. The Morgan fingerprint density at radius 3 is 2.75 bits per heavy atom. The largest absolute Gasteiger partial charge is 0.507 e. The molecule has 2 N–H and O–H groups in total. The van der Waals surface area contributed by atoms with Gasteiger partial charge in [-0.3, -0.25) is 4.79 Å². The maximum atomic E-state index is 13.4. The molecule has 0 saturated carbocycles. The van der Waals surface area contributed by atoms with E-state index < -0.39 is 11.7 Å². The van der Waals surface area contributed by atoms with Crippen LogP contribution in [0.1, 0.15) is 15.9 Å². The average Bonchev–Trinajstić information content (AvgIpc) is 2.38. The second-order valence-electron chi connectivity index (χ2n) is 3.89. The van der Waals surface area contributed by atoms with Crippen molar-refractivity contribution in [2.45, 2.75) is 0 Å². The first-order chi connectivity index (χ1) is 9.52. The van der Waals surface area contributed by atoms with E-state index in [-0.39, 0.29) is 27.6 Å². The van der Waals surface area contributed by atoms with Crippen LogP contribution >= 0.6 is 11.6 Å². The second kappa shape index (κ2) is 5.59. The lowest BCUT2D eigenvalue weighted by Crippen LogP contribution is -2.13. The van der Waals surface area contributed by atoms with Crippen molar-refractivity contribution in [3.8, 4) is 11.8 Å². The molecule has 2 aromatic rings. The zero-order chi connectivity index (χ0) is 14.7. The second-order valence-corrected chi connectivity index (χ2v) is 4.33. The fourth-order valence-corrected chi connectivity index (χ4v) is 1.79. The number of rotatable bonds is 2. The summed E-state index contributed by atoms with van der Waals surface area (Å²) < 4.78 is 13.4. The van der Waals surface area contributed by atoms with E-state index in [1.807, 2.05) is 0 Å². The molecule has 0 aliphatic carbocycles. The molecule has 0 aromatic heterocycles. The molecular formula is C14H8ClFN2O2. The number of phenolic OH excluding ortho intramolecular Hbond substituents is 1. The molecule has 0 aliphatic heterocycles. The molecule has 4 nitrogen and oxygen atoms in total. The van der Waals surface area contributed by atoms with Crippen LogP contribution in [-0.2, 0) is 0 Å². The van der Waals surface area contributed by atoms with Crippen molar-refractivity contribution in [1.29, 1.82) is 5.26 Å². The minimum atomic E-state index is -0.731. The Bertz CT molecular complexity index is 726. The Kier molecular flexibility index (Phi) is 3.87. The molecule has 6 heteroatoms. The topological polar surface area (TPSA) is 73.1 Å². The minimum Gasteiger partial charge on any atom is -0.507 e. The first kappa shape index (κ1) is 13.8. The highest BCUT2D eigenvalue weighted by atomic mass is 35.5. The van der Waals surface area contributed by atoms with E-state index in [1.54, 1.807) is 6.07 Å². The number of nitrogens with one attached hydrogen (secondary N) is 1. The van der Waals surface area contributed by atoms with Crippen LogP contribution in [0.5, 0.6) is 5.75 Å². The predicted molar refractivity (Wildman–Crippen MR) is 72.2 cm³/mol. The lowest BCUT2D eigenvalue weighted by Gasteiger charge is -2.08. The summed E-state index contributed by atoms with van der Waals surface area (Å²) in [6, 6.07) is 9.54. The number of benzene rings is 2. The van der Waals surface area contributed by atoms with Crippen molar-refractivity contribution >= 4 is 23.2 Å².